The minimum Gasteiger partial charge on any atom is -0.465 e. The van der Waals surface area contributed by atoms with Gasteiger partial charge in [-0.05, 0) is 18.8 Å². The first-order valence-corrected chi connectivity index (χ1v) is 8.47. The standard InChI is InChI=1S/C15H27NO3S/c1-3-5-6-7-8-9-11-16-14(17)10-12-20-13-15(18)19-4-2/h10,12H,3-9,11,13H2,1-2H3,(H,16,17)/b12-10-. The molecule has 0 fully saturated rings. The third-order valence-corrected chi connectivity index (χ3v) is 3.38. The second-order valence-electron chi connectivity index (χ2n) is 4.48. The van der Waals surface area contributed by atoms with Crippen LogP contribution in [0.3, 0.4) is 0 Å². The first-order valence-electron chi connectivity index (χ1n) is 7.42. The zero-order chi connectivity index (χ0) is 15.1. The predicted molar refractivity (Wildman–Crippen MR) is 84.6 cm³/mol. The summed E-state index contributed by atoms with van der Waals surface area (Å²) in [7, 11) is 0. The van der Waals surface area contributed by atoms with Crippen molar-refractivity contribution in [1.29, 1.82) is 0 Å². The van der Waals surface area contributed by atoms with Gasteiger partial charge in [0.1, 0.15) is 0 Å². The van der Waals surface area contributed by atoms with Crippen molar-refractivity contribution in [2.75, 3.05) is 18.9 Å². The maximum Gasteiger partial charge on any atom is 0.316 e. The van der Waals surface area contributed by atoms with Crippen LogP contribution < -0.4 is 5.32 Å². The van der Waals surface area contributed by atoms with Gasteiger partial charge in [-0.25, -0.2) is 0 Å². The van der Waals surface area contributed by atoms with Crippen LogP contribution in [0.5, 0.6) is 0 Å². The Bertz CT molecular complexity index is 293. The van der Waals surface area contributed by atoms with Gasteiger partial charge in [-0.1, -0.05) is 39.0 Å². The average Bonchev–Trinajstić information content (AvgIpc) is 2.43. The summed E-state index contributed by atoms with van der Waals surface area (Å²) in [5.41, 5.74) is 0. The fraction of sp³-hybridized carbons (Fsp3) is 0.733. The molecule has 0 saturated heterocycles. The Morgan fingerprint density at radius 3 is 2.50 bits per heavy atom. The first-order chi connectivity index (χ1) is 9.70. The maximum atomic E-state index is 11.4. The van der Waals surface area contributed by atoms with E-state index in [2.05, 4.69) is 12.2 Å². The quantitative estimate of drug-likeness (QED) is 0.341. The summed E-state index contributed by atoms with van der Waals surface area (Å²) in [6.07, 6.45) is 8.74. The van der Waals surface area contributed by atoms with Gasteiger partial charge < -0.3 is 10.1 Å². The number of thioether (sulfide) groups is 1. The van der Waals surface area contributed by atoms with Crippen molar-refractivity contribution in [2.24, 2.45) is 0 Å². The Balaban J connectivity index is 3.42. The molecule has 0 aromatic heterocycles. The van der Waals surface area contributed by atoms with Crippen LogP contribution in [0, 0.1) is 0 Å². The van der Waals surface area contributed by atoms with Crippen molar-refractivity contribution in [3.05, 3.63) is 11.5 Å². The summed E-state index contributed by atoms with van der Waals surface area (Å²) in [4.78, 5) is 22.5. The van der Waals surface area contributed by atoms with Gasteiger partial charge in [-0.3, -0.25) is 9.59 Å². The lowest BCUT2D eigenvalue weighted by atomic mass is 10.1. The summed E-state index contributed by atoms with van der Waals surface area (Å²) in [6, 6.07) is 0. The van der Waals surface area contributed by atoms with Crippen LogP contribution in [0.15, 0.2) is 11.5 Å². The van der Waals surface area contributed by atoms with Crippen LogP contribution in [-0.4, -0.2) is 30.8 Å². The Morgan fingerprint density at radius 2 is 1.80 bits per heavy atom. The van der Waals surface area contributed by atoms with E-state index in [1.54, 1.807) is 12.3 Å². The fourth-order valence-electron chi connectivity index (χ4n) is 1.60. The molecule has 0 aliphatic heterocycles. The van der Waals surface area contributed by atoms with E-state index in [0.29, 0.717) is 6.61 Å². The second-order valence-corrected chi connectivity index (χ2v) is 5.37. The third kappa shape index (κ3) is 13.5. The van der Waals surface area contributed by atoms with Crippen LogP contribution in [-0.2, 0) is 14.3 Å². The van der Waals surface area contributed by atoms with Gasteiger partial charge >= 0.3 is 5.97 Å². The highest BCUT2D eigenvalue weighted by Crippen LogP contribution is 2.04. The molecule has 0 heterocycles. The van der Waals surface area contributed by atoms with Gasteiger partial charge in [0.15, 0.2) is 0 Å². The molecule has 1 N–H and O–H groups in total. The predicted octanol–water partition coefficient (Wildman–Crippen LogP) is 3.27. The summed E-state index contributed by atoms with van der Waals surface area (Å²) >= 11 is 1.27. The topological polar surface area (TPSA) is 55.4 Å². The van der Waals surface area contributed by atoms with Gasteiger partial charge in [0.25, 0.3) is 0 Å². The van der Waals surface area contributed by atoms with Crippen LogP contribution in [0.4, 0.5) is 0 Å². The van der Waals surface area contributed by atoms with Crippen LogP contribution in [0.2, 0.25) is 0 Å². The molecular formula is C15H27NO3S. The number of carbonyl (C=O) groups excluding carboxylic acids is 2. The number of rotatable bonds is 12. The molecule has 0 aliphatic carbocycles. The first kappa shape index (κ1) is 19.0. The molecule has 0 spiro atoms. The van der Waals surface area contributed by atoms with E-state index in [0.717, 1.165) is 13.0 Å². The SMILES string of the molecule is CCCCCCCCNC(=O)/C=C\SCC(=O)OCC. The Labute approximate surface area is 126 Å². The number of unbranched alkanes of at least 4 members (excludes halogenated alkanes) is 5. The largest absolute Gasteiger partial charge is 0.465 e. The molecule has 0 rings (SSSR count). The van der Waals surface area contributed by atoms with Gasteiger partial charge in [0.2, 0.25) is 5.91 Å². The highest BCUT2D eigenvalue weighted by atomic mass is 32.2. The average molecular weight is 301 g/mol. The summed E-state index contributed by atoms with van der Waals surface area (Å²) < 4.78 is 4.77. The Hall–Kier alpha value is -0.970. The summed E-state index contributed by atoms with van der Waals surface area (Å²) in [5, 5.41) is 4.46. The second kappa shape index (κ2) is 14.4. The van der Waals surface area contributed by atoms with E-state index in [1.807, 2.05) is 0 Å². The van der Waals surface area contributed by atoms with Crippen molar-refractivity contribution in [3.8, 4) is 0 Å². The molecule has 0 bridgehead atoms. The molecule has 0 aliphatic rings. The van der Waals surface area contributed by atoms with E-state index < -0.39 is 0 Å². The molecular weight excluding hydrogens is 274 g/mol. The number of hydrogen-bond donors (Lipinski definition) is 1. The molecule has 4 nitrogen and oxygen atoms in total. The van der Waals surface area contributed by atoms with E-state index in [1.165, 1.54) is 49.9 Å². The van der Waals surface area contributed by atoms with E-state index in [9.17, 15) is 9.59 Å². The van der Waals surface area contributed by atoms with Crippen molar-refractivity contribution in [2.45, 2.75) is 52.4 Å². The number of esters is 1. The van der Waals surface area contributed by atoms with Gasteiger partial charge in [0, 0.05) is 12.6 Å². The highest BCUT2D eigenvalue weighted by Gasteiger charge is 1.99. The minimum absolute atomic E-state index is 0.102. The van der Waals surface area contributed by atoms with Gasteiger partial charge in [-0.15, -0.1) is 11.8 Å². The smallest absolute Gasteiger partial charge is 0.316 e. The molecule has 0 atom stereocenters. The van der Waals surface area contributed by atoms with E-state index in [-0.39, 0.29) is 17.6 Å². The molecule has 0 aromatic rings. The lowest BCUT2D eigenvalue weighted by Gasteiger charge is -2.02. The molecule has 116 valence electrons. The van der Waals surface area contributed by atoms with E-state index >= 15 is 0 Å². The maximum absolute atomic E-state index is 11.4. The van der Waals surface area contributed by atoms with Gasteiger partial charge in [-0.2, -0.15) is 0 Å². The number of carbonyl (C=O) groups is 2. The lowest BCUT2D eigenvalue weighted by molar-refractivity contribution is -0.139. The van der Waals surface area contributed by atoms with Crippen molar-refractivity contribution in [1.82, 2.24) is 5.32 Å². The number of hydrogen-bond acceptors (Lipinski definition) is 4. The number of ether oxygens (including phenoxy) is 1. The number of nitrogens with one attached hydrogen (secondary N) is 1. The number of amides is 1. The zero-order valence-electron chi connectivity index (χ0n) is 12.7. The van der Waals surface area contributed by atoms with Crippen molar-refractivity contribution in [3.63, 3.8) is 0 Å². The van der Waals surface area contributed by atoms with Crippen molar-refractivity contribution >= 4 is 23.6 Å². The summed E-state index contributed by atoms with van der Waals surface area (Å²) in [6.45, 7) is 5.08. The zero-order valence-corrected chi connectivity index (χ0v) is 13.5. The Morgan fingerprint density at radius 1 is 1.10 bits per heavy atom. The van der Waals surface area contributed by atoms with E-state index in [4.69, 9.17) is 4.74 Å². The molecule has 0 saturated carbocycles. The molecule has 0 radical (unpaired) electrons. The van der Waals surface area contributed by atoms with Crippen molar-refractivity contribution < 1.29 is 14.3 Å². The fourth-order valence-corrected chi connectivity index (χ4v) is 2.14. The van der Waals surface area contributed by atoms with Crippen LogP contribution in [0.25, 0.3) is 0 Å². The molecule has 1 amide bonds. The molecule has 0 aromatic carbocycles. The monoisotopic (exact) mass is 301 g/mol. The van der Waals surface area contributed by atoms with Crippen LogP contribution in [0.1, 0.15) is 52.4 Å². The highest BCUT2D eigenvalue weighted by molar-refractivity contribution is 8.02. The minimum atomic E-state index is -0.255. The molecule has 20 heavy (non-hydrogen) atoms. The van der Waals surface area contributed by atoms with Gasteiger partial charge in [0.05, 0.1) is 12.4 Å². The third-order valence-electron chi connectivity index (χ3n) is 2.65. The van der Waals surface area contributed by atoms with Crippen LogP contribution >= 0.6 is 11.8 Å². The molecule has 5 heteroatoms. The Kier molecular flexibility index (Phi) is 13.7. The lowest BCUT2D eigenvalue weighted by Crippen LogP contribution is -2.21. The normalized spacial score (nSPS) is 10.7. The summed E-state index contributed by atoms with van der Waals surface area (Å²) in [5.74, 6) is -0.112. The molecule has 0 unspecified atom stereocenters.